The highest BCUT2D eigenvalue weighted by Crippen LogP contribution is 2.36. The number of esters is 1. The zero-order chi connectivity index (χ0) is 15.0. The van der Waals surface area contributed by atoms with Crippen molar-refractivity contribution in [3.63, 3.8) is 0 Å². The molecule has 0 N–H and O–H groups in total. The fourth-order valence-corrected chi connectivity index (χ4v) is 3.39. The lowest BCUT2D eigenvalue weighted by molar-refractivity contribution is -0.0285. The summed E-state index contributed by atoms with van der Waals surface area (Å²) in [6.07, 6.45) is 6.83. The molecular formula is C18H23NO2. The Labute approximate surface area is 125 Å². The fourth-order valence-electron chi connectivity index (χ4n) is 3.39. The van der Waals surface area contributed by atoms with Crippen LogP contribution < -0.4 is 0 Å². The first kappa shape index (κ1) is 14.2. The molecule has 1 fully saturated rings. The zero-order valence-electron chi connectivity index (χ0n) is 13.1. The lowest BCUT2D eigenvalue weighted by Crippen LogP contribution is -2.35. The van der Waals surface area contributed by atoms with Crippen molar-refractivity contribution in [1.29, 1.82) is 0 Å². The summed E-state index contributed by atoms with van der Waals surface area (Å²) in [7, 11) is 1.99. The van der Waals surface area contributed by atoms with E-state index in [4.69, 9.17) is 4.74 Å². The zero-order valence-corrected chi connectivity index (χ0v) is 13.1. The second-order valence-corrected chi connectivity index (χ2v) is 6.67. The Kier molecular flexibility index (Phi) is 3.52. The van der Waals surface area contributed by atoms with Crippen LogP contribution >= 0.6 is 0 Å². The average Bonchev–Trinajstić information content (AvgIpc) is 3.09. The smallest absolute Gasteiger partial charge is 0.338 e. The molecule has 0 amide bonds. The lowest BCUT2D eigenvalue weighted by atomic mass is 9.89. The van der Waals surface area contributed by atoms with Gasteiger partial charge in [-0.25, -0.2) is 4.79 Å². The van der Waals surface area contributed by atoms with Crippen LogP contribution in [0.25, 0.3) is 10.9 Å². The van der Waals surface area contributed by atoms with E-state index in [9.17, 15) is 4.79 Å². The number of hydrogen-bond donors (Lipinski definition) is 0. The molecule has 1 aliphatic rings. The normalized spacial score (nSPS) is 16.5. The predicted octanol–water partition coefficient (Wildman–Crippen LogP) is 4.30. The van der Waals surface area contributed by atoms with Crippen LogP contribution in [-0.4, -0.2) is 16.1 Å². The van der Waals surface area contributed by atoms with Crippen LogP contribution in [0.5, 0.6) is 0 Å². The van der Waals surface area contributed by atoms with Gasteiger partial charge in [-0.15, -0.1) is 0 Å². The maximum absolute atomic E-state index is 12.5. The number of carbonyl (C=O) groups is 1. The van der Waals surface area contributed by atoms with Crippen LogP contribution in [0.15, 0.2) is 30.5 Å². The number of ether oxygens (including phenoxy) is 1. The second kappa shape index (κ2) is 5.21. The summed E-state index contributed by atoms with van der Waals surface area (Å²) in [6, 6.07) is 7.80. The molecule has 0 aliphatic heterocycles. The van der Waals surface area contributed by atoms with Crippen molar-refractivity contribution >= 4 is 16.9 Å². The van der Waals surface area contributed by atoms with Crippen LogP contribution in [0.1, 0.15) is 49.9 Å². The predicted molar refractivity (Wildman–Crippen MR) is 84.4 cm³/mol. The molecule has 112 valence electrons. The molecule has 0 saturated heterocycles. The number of hydrogen-bond acceptors (Lipinski definition) is 2. The number of benzene rings is 1. The molecule has 3 rings (SSSR count). The van der Waals surface area contributed by atoms with Gasteiger partial charge in [-0.1, -0.05) is 18.9 Å². The van der Waals surface area contributed by atoms with Crippen LogP contribution in [0.4, 0.5) is 0 Å². The Morgan fingerprint density at radius 2 is 1.95 bits per heavy atom. The van der Waals surface area contributed by atoms with Crippen LogP contribution in [0.2, 0.25) is 0 Å². The van der Waals surface area contributed by atoms with E-state index in [-0.39, 0.29) is 11.6 Å². The SMILES string of the molecule is Cn1ccc2ccc(C(=O)OC(C)(C)C3CCCC3)cc21. The first-order chi connectivity index (χ1) is 9.97. The van der Waals surface area contributed by atoms with Gasteiger partial charge in [-0.3, -0.25) is 0 Å². The number of nitrogens with zero attached hydrogens (tertiary/aromatic N) is 1. The summed E-state index contributed by atoms with van der Waals surface area (Å²) in [5.74, 6) is 0.273. The van der Waals surface area contributed by atoms with Gasteiger partial charge in [-0.05, 0) is 56.2 Å². The first-order valence-corrected chi connectivity index (χ1v) is 7.76. The highest BCUT2D eigenvalue weighted by Gasteiger charge is 2.35. The minimum atomic E-state index is -0.378. The molecular weight excluding hydrogens is 262 g/mol. The number of carbonyl (C=O) groups excluding carboxylic acids is 1. The van der Waals surface area contributed by atoms with E-state index in [1.165, 1.54) is 12.8 Å². The summed E-state index contributed by atoms with van der Waals surface area (Å²) in [6.45, 7) is 4.09. The summed E-state index contributed by atoms with van der Waals surface area (Å²) in [4.78, 5) is 12.5. The van der Waals surface area contributed by atoms with Crippen LogP contribution in [0, 0.1) is 5.92 Å². The van der Waals surface area contributed by atoms with Crippen molar-refractivity contribution < 1.29 is 9.53 Å². The van der Waals surface area contributed by atoms with Crippen LogP contribution in [-0.2, 0) is 11.8 Å². The van der Waals surface area contributed by atoms with Crippen molar-refractivity contribution in [3.8, 4) is 0 Å². The van der Waals surface area contributed by atoms with Crippen LogP contribution in [0.3, 0.4) is 0 Å². The van der Waals surface area contributed by atoms with E-state index in [0.717, 1.165) is 23.7 Å². The first-order valence-electron chi connectivity index (χ1n) is 7.76. The molecule has 0 bridgehead atoms. The average molecular weight is 285 g/mol. The summed E-state index contributed by atoms with van der Waals surface area (Å²) in [5, 5.41) is 1.14. The van der Waals surface area contributed by atoms with E-state index >= 15 is 0 Å². The van der Waals surface area contributed by atoms with Gasteiger partial charge in [0.05, 0.1) is 5.56 Å². The van der Waals surface area contributed by atoms with Gasteiger partial charge in [0, 0.05) is 18.8 Å². The van der Waals surface area contributed by atoms with Gasteiger partial charge in [0.15, 0.2) is 0 Å². The number of rotatable bonds is 3. The third-order valence-corrected chi connectivity index (χ3v) is 4.82. The third-order valence-electron chi connectivity index (χ3n) is 4.82. The van der Waals surface area contributed by atoms with Crippen molar-refractivity contribution in [2.24, 2.45) is 13.0 Å². The molecule has 3 heteroatoms. The Morgan fingerprint density at radius 3 is 2.67 bits per heavy atom. The van der Waals surface area contributed by atoms with Crippen molar-refractivity contribution in [3.05, 3.63) is 36.0 Å². The molecule has 1 saturated carbocycles. The molecule has 1 aliphatic carbocycles. The summed E-state index contributed by atoms with van der Waals surface area (Å²) < 4.78 is 7.85. The Bertz CT molecular complexity index is 663. The van der Waals surface area contributed by atoms with Gasteiger partial charge in [0.2, 0.25) is 0 Å². The molecule has 0 atom stereocenters. The summed E-state index contributed by atoms with van der Waals surface area (Å²) >= 11 is 0. The molecule has 1 aromatic carbocycles. The van der Waals surface area contributed by atoms with Gasteiger partial charge in [-0.2, -0.15) is 0 Å². The Hall–Kier alpha value is -1.77. The minimum absolute atomic E-state index is 0.213. The highest BCUT2D eigenvalue weighted by atomic mass is 16.6. The maximum Gasteiger partial charge on any atom is 0.338 e. The molecule has 0 unspecified atom stereocenters. The second-order valence-electron chi connectivity index (χ2n) is 6.67. The topological polar surface area (TPSA) is 31.2 Å². The van der Waals surface area contributed by atoms with Gasteiger partial charge < -0.3 is 9.30 Å². The molecule has 1 heterocycles. The lowest BCUT2D eigenvalue weighted by Gasteiger charge is -2.31. The monoisotopic (exact) mass is 285 g/mol. The minimum Gasteiger partial charge on any atom is -0.456 e. The van der Waals surface area contributed by atoms with Gasteiger partial charge >= 0.3 is 5.97 Å². The van der Waals surface area contributed by atoms with E-state index in [2.05, 4.69) is 0 Å². The van der Waals surface area contributed by atoms with Crippen molar-refractivity contribution in [2.75, 3.05) is 0 Å². The molecule has 3 nitrogen and oxygen atoms in total. The van der Waals surface area contributed by atoms with E-state index in [1.807, 2.05) is 55.9 Å². The molecule has 0 spiro atoms. The van der Waals surface area contributed by atoms with E-state index in [0.29, 0.717) is 11.5 Å². The highest BCUT2D eigenvalue weighted by molar-refractivity contribution is 5.94. The quantitative estimate of drug-likeness (QED) is 0.787. The molecule has 0 radical (unpaired) electrons. The fraction of sp³-hybridized carbons (Fsp3) is 0.500. The Morgan fingerprint density at radius 1 is 1.24 bits per heavy atom. The van der Waals surface area contributed by atoms with Gasteiger partial charge in [0.1, 0.15) is 5.60 Å². The largest absolute Gasteiger partial charge is 0.456 e. The molecule has 2 aromatic rings. The number of fused-ring (bicyclic) bond motifs is 1. The standard InChI is InChI=1S/C18H23NO2/c1-18(2,15-6-4-5-7-15)21-17(20)14-9-8-13-10-11-19(3)16(13)12-14/h8-12,15H,4-7H2,1-3H3. The van der Waals surface area contributed by atoms with E-state index < -0.39 is 0 Å². The molecule has 21 heavy (non-hydrogen) atoms. The third kappa shape index (κ3) is 2.69. The van der Waals surface area contributed by atoms with Gasteiger partial charge in [0.25, 0.3) is 0 Å². The Balaban J connectivity index is 1.81. The van der Waals surface area contributed by atoms with E-state index in [1.54, 1.807) is 0 Å². The van der Waals surface area contributed by atoms with Crippen molar-refractivity contribution in [2.45, 2.75) is 45.1 Å². The number of aryl methyl sites for hydroxylation is 1. The molecule has 1 aromatic heterocycles. The summed E-state index contributed by atoms with van der Waals surface area (Å²) in [5.41, 5.74) is 1.31. The number of aromatic nitrogens is 1. The van der Waals surface area contributed by atoms with Crippen molar-refractivity contribution in [1.82, 2.24) is 4.57 Å². The maximum atomic E-state index is 12.5.